The van der Waals surface area contributed by atoms with Crippen molar-refractivity contribution < 1.29 is 9.21 Å². The summed E-state index contributed by atoms with van der Waals surface area (Å²) in [6.07, 6.45) is 0. The van der Waals surface area contributed by atoms with E-state index in [0.29, 0.717) is 5.56 Å². The lowest BCUT2D eigenvalue weighted by Gasteiger charge is -2.04. The molecule has 22 heavy (non-hydrogen) atoms. The summed E-state index contributed by atoms with van der Waals surface area (Å²) in [6.45, 7) is 1.95. The van der Waals surface area contributed by atoms with Gasteiger partial charge in [0.05, 0.1) is 0 Å². The molecule has 0 fully saturated rings. The van der Waals surface area contributed by atoms with Crippen molar-refractivity contribution in [3.05, 3.63) is 83.4 Å². The Morgan fingerprint density at radius 2 is 1.55 bits per heavy atom. The lowest BCUT2D eigenvalue weighted by atomic mass is 9.98. The van der Waals surface area contributed by atoms with Gasteiger partial charge in [0.2, 0.25) is 0 Å². The topological polar surface area (TPSA) is 30.2 Å². The molecule has 106 valence electrons. The van der Waals surface area contributed by atoms with E-state index in [0.717, 1.165) is 33.1 Å². The molecular weight excluding hydrogens is 272 g/mol. The van der Waals surface area contributed by atoms with Crippen molar-refractivity contribution >= 4 is 27.7 Å². The van der Waals surface area contributed by atoms with Gasteiger partial charge in [0.15, 0.2) is 5.78 Å². The summed E-state index contributed by atoms with van der Waals surface area (Å²) in [5.74, 6) is 0.0282. The molecule has 2 nitrogen and oxygen atoms in total. The second-order valence-electron chi connectivity index (χ2n) is 5.45. The van der Waals surface area contributed by atoms with E-state index in [4.69, 9.17) is 4.42 Å². The minimum absolute atomic E-state index is 0.0282. The molecule has 0 bridgehead atoms. The van der Waals surface area contributed by atoms with E-state index in [2.05, 4.69) is 0 Å². The summed E-state index contributed by atoms with van der Waals surface area (Å²) in [7, 11) is 0. The van der Waals surface area contributed by atoms with Crippen molar-refractivity contribution in [1.29, 1.82) is 0 Å². The fraction of sp³-hybridized carbons (Fsp3) is 0.0500. The number of para-hydroxylation sites is 1. The maximum Gasteiger partial charge on any atom is 0.193 e. The molecule has 4 aromatic rings. The average molecular weight is 286 g/mol. The second-order valence-corrected chi connectivity index (χ2v) is 5.45. The molecule has 1 aromatic heterocycles. The van der Waals surface area contributed by atoms with Crippen LogP contribution >= 0.6 is 0 Å². The third-order valence-electron chi connectivity index (χ3n) is 4.03. The van der Waals surface area contributed by atoms with Gasteiger partial charge in [0.1, 0.15) is 11.2 Å². The van der Waals surface area contributed by atoms with Crippen LogP contribution in [0.25, 0.3) is 21.9 Å². The van der Waals surface area contributed by atoms with Crippen molar-refractivity contribution in [2.24, 2.45) is 0 Å². The fourth-order valence-corrected chi connectivity index (χ4v) is 2.85. The average Bonchev–Trinajstić information content (AvgIpc) is 2.92. The lowest BCUT2D eigenvalue weighted by Crippen LogP contribution is -2.03. The molecule has 0 spiro atoms. The molecule has 1 heterocycles. The van der Waals surface area contributed by atoms with Crippen LogP contribution in [0.15, 0.2) is 71.1 Å². The van der Waals surface area contributed by atoms with E-state index in [1.807, 2.05) is 73.7 Å². The molecule has 0 atom stereocenters. The maximum absolute atomic E-state index is 12.7. The normalized spacial score (nSPS) is 11.1. The van der Waals surface area contributed by atoms with E-state index in [1.165, 1.54) is 0 Å². The van der Waals surface area contributed by atoms with E-state index in [-0.39, 0.29) is 5.78 Å². The van der Waals surface area contributed by atoms with E-state index in [9.17, 15) is 4.79 Å². The van der Waals surface area contributed by atoms with Gasteiger partial charge in [-0.1, -0.05) is 48.5 Å². The minimum atomic E-state index is 0.0282. The number of benzene rings is 3. The minimum Gasteiger partial charge on any atom is -0.456 e. The monoisotopic (exact) mass is 286 g/mol. The van der Waals surface area contributed by atoms with Crippen LogP contribution in [0.5, 0.6) is 0 Å². The van der Waals surface area contributed by atoms with Crippen LogP contribution in [-0.2, 0) is 0 Å². The lowest BCUT2D eigenvalue weighted by molar-refractivity contribution is 0.103. The largest absolute Gasteiger partial charge is 0.456 e. The molecule has 0 aliphatic rings. The number of carbonyl (C=O) groups excluding carboxylic acids is 1. The number of furan rings is 1. The fourth-order valence-electron chi connectivity index (χ4n) is 2.85. The molecule has 0 unspecified atom stereocenters. The first-order valence-electron chi connectivity index (χ1n) is 7.26. The van der Waals surface area contributed by atoms with Crippen LogP contribution in [0.4, 0.5) is 0 Å². The quantitative estimate of drug-likeness (QED) is 0.478. The number of rotatable bonds is 2. The maximum atomic E-state index is 12.7. The van der Waals surface area contributed by atoms with Gasteiger partial charge in [0, 0.05) is 21.9 Å². The Hall–Kier alpha value is -2.87. The van der Waals surface area contributed by atoms with Gasteiger partial charge in [-0.2, -0.15) is 0 Å². The molecule has 0 aliphatic carbocycles. The van der Waals surface area contributed by atoms with Crippen LogP contribution in [0.3, 0.4) is 0 Å². The summed E-state index contributed by atoms with van der Waals surface area (Å²) >= 11 is 0. The van der Waals surface area contributed by atoms with Crippen LogP contribution in [0.1, 0.15) is 21.5 Å². The molecular formula is C20H14O2. The first-order valence-corrected chi connectivity index (χ1v) is 7.26. The molecule has 3 aromatic carbocycles. The third-order valence-corrected chi connectivity index (χ3v) is 4.03. The van der Waals surface area contributed by atoms with Crippen molar-refractivity contribution in [2.75, 3.05) is 0 Å². The second kappa shape index (κ2) is 4.85. The number of fused-ring (bicyclic) bond motifs is 3. The van der Waals surface area contributed by atoms with Crippen LogP contribution < -0.4 is 0 Å². The van der Waals surface area contributed by atoms with E-state index >= 15 is 0 Å². The first kappa shape index (κ1) is 12.8. The van der Waals surface area contributed by atoms with Crippen LogP contribution in [-0.4, -0.2) is 5.78 Å². The zero-order valence-electron chi connectivity index (χ0n) is 12.2. The highest BCUT2D eigenvalue weighted by Crippen LogP contribution is 2.29. The Morgan fingerprint density at radius 3 is 2.41 bits per heavy atom. The van der Waals surface area contributed by atoms with Crippen LogP contribution in [0.2, 0.25) is 0 Å². The smallest absolute Gasteiger partial charge is 0.193 e. The van der Waals surface area contributed by atoms with Crippen molar-refractivity contribution in [1.82, 2.24) is 0 Å². The number of carbonyl (C=O) groups is 1. The molecule has 0 N–H and O–H groups in total. The van der Waals surface area contributed by atoms with Gasteiger partial charge in [-0.3, -0.25) is 4.79 Å². The van der Waals surface area contributed by atoms with Gasteiger partial charge in [0.25, 0.3) is 0 Å². The van der Waals surface area contributed by atoms with Crippen molar-refractivity contribution in [3.63, 3.8) is 0 Å². The Balaban J connectivity index is 1.88. The summed E-state index contributed by atoms with van der Waals surface area (Å²) in [6, 6.07) is 21.2. The standard InChI is InChI=1S/C20H14O2/c1-13-6-2-3-7-15(13)20(21)14-10-11-17-16-8-4-5-9-18(16)22-19(17)12-14/h2-12H,1H3. The number of aryl methyl sites for hydroxylation is 1. The van der Waals surface area contributed by atoms with Crippen LogP contribution in [0, 0.1) is 6.92 Å². The predicted molar refractivity (Wildman–Crippen MR) is 88.3 cm³/mol. The summed E-state index contributed by atoms with van der Waals surface area (Å²) in [4.78, 5) is 12.7. The van der Waals surface area contributed by atoms with E-state index < -0.39 is 0 Å². The molecule has 0 amide bonds. The SMILES string of the molecule is Cc1ccccc1C(=O)c1ccc2c(c1)oc1ccccc12. The molecule has 0 saturated carbocycles. The van der Waals surface area contributed by atoms with Crippen molar-refractivity contribution in [3.8, 4) is 0 Å². The van der Waals surface area contributed by atoms with Gasteiger partial charge < -0.3 is 4.42 Å². The van der Waals surface area contributed by atoms with Gasteiger partial charge in [-0.05, 0) is 30.7 Å². The number of hydrogen-bond donors (Lipinski definition) is 0. The highest BCUT2D eigenvalue weighted by Gasteiger charge is 2.14. The zero-order valence-corrected chi connectivity index (χ0v) is 12.2. The van der Waals surface area contributed by atoms with Gasteiger partial charge in [-0.15, -0.1) is 0 Å². The predicted octanol–water partition coefficient (Wildman–Crippen LogP) is 5.13. The molecule has 0 aliphatic heterocycles. The number of ketones is 1. The Morgan fingerprint density at radius 1 is 0.818 bits per heavy atom. The number of hydrogen-bond acceptors (Lipinski definition) is 2. The first-order chi connectivity index (χ1) is 10.7. The summed E-state index contributed by atoms with van der Waals surface area (Å²) < 4.78 is 5.86. The Bertz CT molecular complexity index is 1010. The van der Waals surface area contributed by atoms with Gasteiger partial charge in [-0.25, -0.2) is 0 Å². The van der Waals surface area contributed by atoms with E-state index in [1.54, 1.807) is 0 Å². The Labute approximate surface area is 128 Å². The van der Waals surface area contributed by atoms with Gasteiger partial charge >= 0.3 is 0 Å². The molecule has 0 radical (unpaired) electrons. The van der Waals surface area contributed by atoms with Crippen molar-refractivity contribution in [2.45, 2.75) is 6.92 Å². The molecule has 2 heteroatoms. The molecule has 4 rings (SSSR count). The molecule has 0 saturated heterocycles. The summed E-state index contributed by atoms with van der Waals surface area (Å²) in [5, 5.41) is 2.12. The highest BCUT2D eigenvalue weighted by molar-refractivity contribution is 6.13. The highest BCUT2D eigenvalue weighted by atomic mass is 16.3. The third kappa shape index (κ3) is 1.92. The summed E-state index contributed by atoms with van der Waals surface area (Å²) in [5.41, 5.74) is 3.97. The Kier molecular flexibility index (Phi) is 2.83. The zero-order chi connectivity index (χ0) is 15.1.